The summed E-state index contributed by atoms with van der Waals surface area (Å²) in [5, 5.41) is 2.86. The van der Waals surface area contributed by atoms with Crippen LogP contribution in [0.3, 0.4) is 0 Å². The van der Waals surface area contributed by atoms with Gasteiger partial charge in [-0.05, 0) is 30.2 Å². The van der Waals surface area contributed by atoms with E-state index < -0.39 is 0 Å². The lowest BCUT2D eigenvalue weighted by atomic mass is 10.1. The number of hydrogen-bond acceptors (Lipinski definition) is 2. The molecule has 0 saturated heterocycles. The van der Waals surface area contributed by atoms with Crippen molar-refractivity contribution in [1.82, 2.24) is 5.32 Å². The van der Waals surface area contributed by atoms with Crippen LogP contribution in [0.1, 0.15) is 29.8 Å². The molecule has 0 atom stereocenters. The zero-order valence-electron chi connectivity index (χ0n) is 13.6. The normalized spacial score (nSPS) is 10.2. The number of rotatable bonds is 6. The van der Waals surface area contributed by atoms with Gasteiger partial charge in [0.1, 0.15) is 0 Å². The second-order valence-electron chi connectivity index (χ2n) is 5.27. The van der Waals surface area contributed by atoms with E-state index in [1.54, 1.807) is 24.0 Å². The van der Waals surface area contributed by atoms with Crippen LogP contribution in [0.2, 0.25) is 0 Å². The van der Waals surface area contributed by atoms with Gasteiger partial charge < -0.3 is 10.2 Å². The van der Waals surface area contributed by atoms with Crippen molar-refractivity contribution in [3.63, 3.8) is 0 Å². The maximum Gasteiger partial charge on any atom is 0.251 e. The molecule has 23 heavy (non-hydrogen) atoms. The third kappa shape index (κ3) is 4.42. The number of carbonyl (C=O) groups excluding carboxylic acids is 2. The number of para-hydroxylation sites is 1. The van der Waals surface area contributed by atoms with Gasteiger partial charge >= 0.3 is 0 Å². The van der Waals surface area contributed by atoms with E-state index in [0.717, 1.165) is 17.7 Å². The van der Waals surface area contributed by atoms with Gasteiger partial charge in [-0.2, -0.15) is 0 Å². The molecule has 2 aromatic rings. The molecule has 0 aliphatic carbocycles. The quantitative estimate of drug-likeness (QED) is 0.891. The molecule has 0 aliphatic rings. The van der Waals surface area contributed by atoms with Gasteiger partial charge in [0.05, 0.1) is 0 Å². The molecule has 120 valence electrons. The molecule has 2 rings (SSSR count). The molecule has 0 saturated carbocycles. The van der Waals surface area contributed by atoms with Crippen molar-refractivity contribution in [2.45, 2.75) is 20.3 Å². The van der Waals surface area contributed by atoms with E-state index in [1.807, 2.05) is 42.5 Å². The van der Waals surface area contributed by atoms with Gasteiger partial charge in [-0.15, -0.1) is 0 Å². The Morgan fingerprint density at radius 1 is 1.00 bits per heavy atom. The minimum Gasteiger partial charge on any atom is -0.350 e. The second-order valence-corrected chi connectivity index (χ2v) is 5.27. The van der Waals surface area contributed by atoms with Crippen molar-refractivity contribution in [3.8, 4) is 0 Å². The highest BCUT2D eigenvalue weighted by atomic mass is 16.2. The summed E-state index contributed by atoms with van der Waals surface area (Å²) in [7, 11) is 0. The van der Waals surface area contributed by atoms with Gasteiger partial charge in [0, 0.05) is 31.3 Å². The number of aryl methyl sites for hydroxylation is 1. The Morgan fingerprint density at radius 2 is 1.65 bits per heavy atom. The summed E-state index contributed by atoms with van der Waals surface area (Å²) in [5.74, 6) is -0.155. The third-order valence-electron chi connectivity index (χ3n) is 3.70. The van der Waals surface area contributed by atoms with E-state index in [1.165, 1.54) is 0 Å². The standard InChI is InChI=1S/C19H22N2O2/c1-3-16-9-7-8-12-18(16)21(15(2)22)14-13-20-19(23)17-10-5-4-6-11-17/h4-12H,3,13-14H2,1-2H3,(H,20,23). The maximum atomic E-state index is 12.0. The third-order valence-corrected chi connectivity index (χ3v) is 3.70. The Bertz CT molecular complexity index is 668. The summed E-state index contributed by atoms with van der Waals surface area (Å²) in [6, 6.07) is 16.9. The number of nitrogens with zero attached hydrogens (tertiary/aromatic N) is 1. The molecule has 0 bridgehead atoms. The van der Waals surface area contributed by atoms with Crippen LogP contribution in [-0.4, -0.2) is 24.9 Å². The van der Waals surface area contributed by atoms with Crippen LogP contribution in [0.25, 0.3) is 0 Å². The zero-order valence-corrected chi connectivity index (χ0v) is 13.6. The van der Waals surface area contributed by atoms with Crippen LogP contribution in [0.15, 0.2) is 54.6 Å². The Morgan fingerprint density at radius 3 is 2.30 bits per heavy atom. The average molecular weight is 310 g/mol. The predicted molar refractivity (Wildman–Crippen MR) is 92.6 cm³/mol. The van der Waals surface area contributed by atoms with Crippen molar-refractivity contribution in [3.05, 3.63) is 65.7 Å². The first-order valence-electron chi connectivity index (χ1n) is 7.82. The van der Waals surface area contributed by atoms with Crippen LogP contribution >= 0.6 is 0 Å². The first-order valence-corrected chi connectivity index (χ1v) is 7.82. The fraction of sp³-hybridized carbons (Fsp3) is 0.263. The number of anilines is 1. The number of amides is 2. The van der Waals surface area contributed by atoms with Gasteiger partial charge in [0.2, 0.25) is 5.91 Å². The van der Waals surface area contributed by atoms with Gasteiger partial charge in [0.15, 0.2) is 0 Å². The van der Waals surface area contributed by atoms with E-state index in [4.69, 9.17) is 0 Å². The van der Waals surface area contributed by atoms with E-state index in [9.17, 15) is 9.59 Å². The Labute approximate surface area is 137 Å². The second kappa shape index (κ2) is 8.13. The largest absolute Gasteiger partial charge is 0.350 e. The van der Waals surface area contributed by atoms with Crippen LogP contribution in [0, 0.1) is 0 Å². The highest BCUT2D eigenvalue weighted by molar-refractivity contribution is 5.95. The van der Waals surface area contributed by atoms with Crippen LogP contribution in [0.5, 0.6) is 0 Å². The molecular weight excluding hydrogens is 288 g/mol. The average Bonchev–Trinajstić information content (AvgIpc) is 2.59. The van der Waals surface area contributed by atoms with E-state index in [0.29, 0.717) is 18.7 Å². The molecule has 0 aliphatic heterocycles. The molecule has 0 heterocycles. The molecule has 0 aromatic heterocycles. The minimum atomic E-state index is -0.127. The Balaban J connectivity index is 2.01. The van der Waals surface area contributed by atoms with Crippen LogP contribution < -0.4 is 10.2 Å². The Hall–Kier alpha value is -2.62. The molecule has 0 spiro atoms. The van der Waals surface area contributed by atoms with E-state index in [2.05, 4.69) is 12.2 Å². The van der Waals surface area contributed by atoms with Gasteiger partial charge in [-0.3, -0.25) is 9.59 Å². The van der Waals surface area contributed by atoms with Gasteiger partial charge in [0.25, 0.3) is 5.91 Å². The van der Waals surface area contributed by atoms with Crippen molar-refractivity contribution in [2.24, 2.45) is 0 Å². The van der Waals surface area contributed by atoms with Crippen LogP contribution in [-0.2, 0) is 11.2 Å². The predicted octanol–water partition coefficient (Wildman–Crippen LogP) is 3.03. The lowest BCUT2D eigenvalue weighted by Gasteiger charge is -2.24. The zero-order chi connectivity index (χ0) is 16.7. The van der Waals surface area contributed by atoms with Crippen molar-refractivity contribution < 1.29 is 9.59 Å². The highest BCUT2D eigenvalue weighted by Gasteiger charge is 2.14. The summed E-state index contributed by atoms with van der Waals surface area (Å²) in [6.45, 7) is 4.47. The number of nitrogens with one attached hydrogen (secondary N) is 1. The molecule has 2 aromatic carbocycles. The van der Waals surface area contributed by atoms with Crippen molar-refractivity contribution in [1.29, 1.82) is 0 Å². The smallest absolute Gasteiger partial charge is 0.251 e. The topological polar surface area (TPSA) is 49.4 Å². The summed E-state index contributed by atoms with van der Waals surface area (Å²) >= 11 is 0. The first-order chi connectivity index (χ1) is 11.1. The summed E-state index contributed by atoms with van der Waals surface area (Å²) in [5.41, 5.74) is 2.66. The summed E-state index contributed by atoms with van der Waals surface area (Å²) in [4.78, 5) is 25.7. The van der Waals surface area contributed by atoms with Gasteiger partial charge in [-0.25, -0.2) is 0 Å². The fourth-order valence-electron chi connectivity index (χ4n) is 2.49. The summed E-state index contributed by atoms with van der Waals surface area (Å²) in [6.07, 6.45) is 0.857. The minimum absolute atomic E-state index is 0.0279. The number of carbonyl (C=O) groups is 2. The molecule has 4 nitrogen and oxygen atoms in total. The van der Waals surface area contributed by atoms with Crippen LogP contribution in [0.4, 0.5) is 5.69 Å². The summed E-state index contributed by atoms with van der Waals surface area (Å²) < 4.78 is 0. The van der Waals surface area contributed by atoms with Crippen molar-refractivity contribution in [2.75, 3.05) is 18.0 Å². The molecule has 0 unspecified atom stereocenters. The SMILES string of the molecule is CCc1ccccc1N(CCNC(=O)c1ccccc1)C(C)=O. The number of hydrogen-bond donors (Lipinski definition) is 1. The highest BCUT2D eigenvalue weighted by Crippen LogP contribution is 2.20. The van der Waals surface area contributed by atoms with E-state index >= 15 is 0 Å². The lowest BCUT2D eigenvalue weighted by molar-refractivity contribution is -0.116. The Kier molecular flexibility index (Phi) is 5.92. The number of benzene rings is 2. The lowest BCUT2D eigenvalue weighted by Crippen LogP contribution is -2.38. The molecule has 0 fully saturated rings. The molecule has 2 amide bonds. The fourth-order valence-corrected chi connectivity index (χ4v) is 2.49. The van der Waals surface area contributed by atoms with Gasteiger partial charge in [-0.1, -0.05) is 43.3 Å². The molecule has 4 heteroatoms. The first kappa shape index (κ1) is 16.7. The molecule has 1 N–H and O–H groups in total. The monoisotopic (exact) mass is 310 g/mol. The van der Waals surface area contributed by atoms with E-state index in [-0.39, 0.29) is 11.8 Å². The molecule has 0 radical (unpaired) electrons. The van der Waals surface area contributed by atoms with Crippen molar-refractivity contribution >= 4 is 17.5 Å². The molecular formula is C19H22N2O2. The maximum absolute atomic E-state index is 12.0.